The third-order valence-electron chi connectivity index (χ3n) is 4.92. The van der Waals surface area contributed by atoms with Gasteiger partial charge in [-0.2, -0.15) is 0 Å². The number of ether oxygens (including phenoxy) is 1. The van der Waals surface area contributed by atoms with E-state index in [2.05, 4.69) is 22.0 Å². The van der Waals surface area contributed by atoms with Crippen LogP contribution in [-0.2, 0) is 9.53 Å². The van der Waals surface area contributed by atoms with Gasteiger partial charge in [0.15, 0.2) is 0 Å². The van der Waals surface area contributed by atoms with E-state index in [1.807, 2.05) is 0 Å². The summed E-state index contributed by atoms with van der Waals surface area (Å²) in [5.74, 6) is 0.330. The lowest BCUT2D eigenvalue weighted by Crippen LogP contribution is -2.53. The summed E-state index contributed by atoms with van der Waals surface area (Å²) < 4.78 is 5.61. The van der Waals surface area contributed by atoms with Crippen LogP contribution >= 0.6 is 24.8 Å². The molecule has 5 nitrogen and oxygen atoms in total. The summed E-state index contributed by atoms with van der Waals surface area (Å²) in [7, 11) is 0. The van der Waals surface area contributed by atoms with Crippen LogP contribution in [0.25, 0.3) is 0 Å². The molecule has 0 radical (unpaired) electrons. The molecule has 2 unspecified atom stereocenters. The van der Waals surface area contributed by atoms with Crippen molar-refractivity contribution in [2.45, 2.75) is 50.8 Å². The Balaban J connectivity index is 0.00000121. The van der Waals surface area contributed by atoms with Gasteiger partial charge in [-0.05, 0) is 39.2 Å². The molecule has 2 atom stereocenters. The van der Waals surface area contributed by atoms with Gasteiger partial charge in [0.25, 0.3) is 0 Å². The van der Waals surface area contributed by atoms with E-state index in [0.717, 1.165) is 65.0 Å². The minimum atomic E-state index is 0. The standard InChI is InChI=1S/C15H27N3O2.2ClH/c1-12-11-18(9-10-20-12)13-4-7-17(8-5-13)15(19)14-3-2-6-16-14;;/h12-14,16H,2-11H2,1H3;2*1H. The summed E-state index contributed by atoms with van der Waals surface area (Å²) >= 11 is 0. The molecule has 3 aliphatic rings. The van der Waals surface area contributed by atoms with Crippen molar-refractivity contribution < 1.29 is 9.53 Å². The summed E-state index contributed by atoms with van der Waals surface area (Å²) in [6.45, 7) is 7.94. The van der Waals surface area contributed by atoms with Crippen molar-refractivity contribution in [3.8, 4) is 0 Å². The maximum atomic E-state index is 12.4. The van der Waals surface area contributed by atoms with Crippen LogP contribution in [0.1, 0.15) is 32.6 Å². The molecule has 0 spiro atoms. The molecule has 0 aromatic rings. The van der Waals surface area contributed by atoms with Crippen LogP contribution in [0, 0.1) is 0 Å². The molecule has 3 fully saturated rings. The third kappa shape index (κ3) is 4.71. The van der Waals surface area contributed by atoms with Gasteiger partial charge in [0.1, 0.15) is 0 Å². The van der Waals surface area contributed by atoms with E-state index < -0.39 is 0 Å². The SMILES string of the molecule is CC1CN(C2CCN(C(=O)C3CCCN3)CC2)CCO1.Cl.Cl. The number of carbonyl (C=O) groups is 1. The molecule has 3 aliphatic heterocycles. The van der Waals surface area contributed by atoms with E-state index in [1.165, 1.54) is 0 Å². The number of carbonyl (C=O) groups excluding carboxylic acids is 1. The molecule has 1 N–H and O–H groups in total. The highest BCUT2D eigenvalue weighted by molar-refractivity contribution is 5.85. The molecule has 130 valence electrons. The Hall–Kier alpha value is -0.0700. The molecule has 3 heterocycles. The highest BCUT2D eigenvalue weighted by Gasteiger charge is 2.32. The largest absolute Gasteiger partial charge is 0.376 e. The number of rotatable bonds is 2. The van der Waals surface area contributed by atoms with E-state index in [9.17, 15) is 4.79 Å². The van der Waals surface area contributed by atoms with Crippen LogP contribution in [0.5, 0.6) is 0 Å². The van der Waals surface area contributed by atoms with E-state index in [-0.39, 0.29) is 30.9 Å². The summed E-state index contributed by atoms with van der Waals surface area (Å²) in [5, 5.41) is 3.32. The van der Waals surface area contributed by atoms with Crippen molar-refractivity contribution in [3.63, 3.8) is 0 Å². The van der Waals surface area contributed by atoms with Crippen LogP contribution in [0.15, 0.2) is 0 Å². The molecular formula is C15H29Cl2N3O2. The number of nitrogens with zero attached hydrogens (tertiary/aromatic N) is 2. The van der Waals surface area contributed by atoms with E-state index >= 15 is 0 Å². The second kappa shape index (κ2) is 9.28. The summed E-state index contributed by atoms with van der Waals surface area (Å²) in [6.07, 6.45) is 4.74. The molecular weight excluding hydrogens is 325 g/mol. The fourth-order valence-corrected chi connectivity index (χ4v) is 3.74. The molecule has 1 amide bonds. The molecule has 0 aromatic heterocycles. The number of piperidine rings is 1. The normalized spacial score (nSPS) is 30.5. The average Bonchev–Trinajstić information content (AvgIpc) is 3.01. The predicted octanol–water partition coefficient (Wildman–Crippen LogP) is 1.29. The van der Waals surface area contributed by atoms with Crippen molar-refractivity contribution in [2.24, 2.45) is 0 Å². The maximum Gasteiger partial charge on any atom is 0.239 e. The third-order valence-corrected chi connectivity index (χ3v) is 4.92. The fraction of sp³-hybridized carbons (Fsp3) is 0.933. The highest BCUT2D eigenvalue weighted by Crippen LogP contribution is 2.20. The Morgan fingerprint density at radius 1 is 1.14 bits per heavy atom. The highest BCUT2D eigenvalue weighted by atomic mass is 35.5. The molecule has 7 heteroatoms. The Morgan fingerprint density at radius 3 is 2.45 bits per heavy atom. The van der Waals surface area contributed by atoms with Crippen LogP contribution < -0.4 is 5.32 Å². The second-order valence-electron chi connectivity index (χ2n) is 6.38. The Labute approximate surface area is 145 Å². The van der Waals surface area contributed by atoms with Gasteiger partial charge in [-0.25, -0.2) is 0 Å². The van der Waals surface area contributed by atoms with Gasteiger partial charge in [-0.3, -0.25) is 9.69 Å². The summed E-state index contributed by atoms with van der Waals surface area (Å²) in [6, 6.07) is 0.733. The monoisotopic (exact) mass is 353 g/mol. The first-order valence-corrected chi connectivity index (χ1v) is 8.12. The summed E-state index contributed by atoms with van der Waals surface area (Å²) in [4.78, 5) is 17.0. The van der Waals surface area contributed by atoms with Gasteiger partial charge in [-0.1, -0.05) is 0 Å². The van der Waals surface area contributed by atoms with Gasteiger partial charge in [0.05, 0.1) is 18.8 Å². The number of hydrogen-bond donors (Lipinski definition) is 1. The number of amides is 1. The first-order valence-electron chi connectivity index (χ1n) is 8.12. The molecule has 3 rings (SSSR count). The van der Waals surface area contributed by atoms with Gasteiger partial charge in [0.2, 0.25) is 5.91 Å². The molecule has 0 saturated carbocycles. The Kier molecular flexibility index (Phi) is 8.43. The van der Waals surface area contributed by atoms with Crippen molar-refractivity contribution in [3.05, 3.63) is 0 Å². The predicted molar refractivity (Wildman–Crippen MR) is 92.1 cm³/mol. The van der Waals surface area contributed by atoms with Crippen molar-refractivity contribution in [1.29, 1.82) is 0 Å². The van der Waals surface area contributed by atoms with Gasteiger partial charge in [0, 0.05) is 32.2 Å². The molecule has 0 aromatic carbocycles. The fourth-order valence-electron chi connectivity index (χ4n) is 3.74. The smallest absolute Gasteiger partial charge is 0.239 e. The topological polar surface area (TPSA) is 44.8 Å². The average molecular weight is 354 g/mol. The van der Waals surface area contributed by atoms with E-state index in [1.54, 1.807) is 0 Å². The van der Waals surface area contributed by atoms with Gasteiger partial charge < -0.3 is 15.0 Å². The van der Waals surface area contributed by atoms with Crippen molar-refractivity contribution >= 4 is 30.7 Å². The van der Waals surface area contributed by atoms with Crippen LogP contribution in [0.4, 0.5) is 0 Å². The minimum absolute atomic E-state index is 0. The zero-order chi connectivity index (χ0) is 13.9. The lowest BCUT2D eigenvalue weighted by molar-refractivity contribution is -0.135. The van der Waals surface area contributed by atoms with Crippen LogP contribution in [-0.4, -0.2) is 73.2 Å². The van der Waals surface area contributed by atoms with Crippen molar-refractivity contribution in [1.82, 2.24) is 15.1 Å². The maximum absolute atomic E-state index is 12.4. The number of morpholine rings is 1. The lowest BCUT2D eigenvalue weighted by atomic mass is 10.0. The number of hydrogen-bond acceptors (Lipinski definition) is 4. The first kappa shape index (κ1) is 20.0. The number of halogens is 2. The zero-order valence-electron chi connectivity index (χ0n) is 13.3. The minimum Gasteiger partial charge on any atom is -0.376 e. The lowest BCUT2D eigenvalue weighted by Gasteiger charge is -2.42. The zero-order valence-corrected chi connectivity index (χ0v) is 15.0. The summed E-state index contributed by atoms with van der Waals surface area (Å²) in [5.41, 5.74) is 0. The van der Waals surface area contributed by atoms with E-state index in [4.69, 9.17) is 4.74 Å². The van der Waals surface area contributed by atoms with Gasteiger partial charge in [-0.15, -0.1) is 24.8 Å². The van der Waals surface area contributed by atoms with Gasteiger partial charge >= 0.3 is 0 Å². The second-order valence-corrected chi connectivity index (χ2v) is 6.38. The molecule has 22 heavy (non-hydrogen) atoms. The van der Waals surface area contributed by atoms with Crippen LogP contribution in [0.3, 0.4) is 0 Å². The van der Waals surface area contributed by atoms with Crippen LogP contribution in [0.2, 0.25) is 0 Å². The van der Waals surface area contributed by atoms with Crippen molar-refractivity contribution in [2.75, 3.05) is 39.3 Å². The van der Waals surface area contributed by atoms with E-state index in [0.29, 0.717) is 18.1 Å². The molecule has 3 saturated heterocycles. The number of nitrogens with one attached hydrogen (secondary N) is 1. The first-order chi connectivity index (χ1) is 9.74. The molecule has 0 aliphatic carbocycles. The molecule has 0 bridgehead atoms. The Morgan fingerprint density at radius 2 is 1.86 bits per heavy atom. The Bertz CT molecular complexity index is 346. The quantitative estimate of drug-likeness (QED) is 0.812. The number of likely N-dealkylation sites (tertiary alicyclic amines) is 1.